The molecule has 4 aromatic rings. The van der Waals surface area contributed by atoms with E-state index in [9.17, 15) is 13.6 Å². The van der Waals surface area contributed by atoms with Crippen LogP contribution in [0.4, 0.5) is 25.1 Å². The molecule has 2 N–H and O–H groups in total. The lowest BCUT2D eigenvalue weighted by molar-refractivity contribution is 0.255. The van der Waals surface area contributed by atoms with E-state index in [4.69, 9.17) is 17.3 Å². The lowest BCUT2D eigenvalue weighted by Gasteiger charge is -2.21. The highest BCUT2D eigenvalue weighted by molar-refractivity contribution is 6.30. The van der Waals surface area contributed by atoms with Crippen LogP contribution in [0.1, 0.15) is 0 Å². The summed E-state index contributed by atoms with van der Waals surface area (Å²) in [7, 11) is 1.69. The molecule has 2 aromatic heterocycles. The maximum Gasteiger partial charge on any atom is 0.325 e. The minimum absolute atomic E-state index is 0.142. The fourth-order valence-corrected chi connectivity index (χ4v) is 3.02. The first-order chi connectivity index (χ1) is 13.9. The zero-order valence-electron chi connectivity index (χ0n) is 15.0. The SMILES string of the molecule is Cn1cnc2c(N(C(N)=O)c3c(F)cccc3F)nc(-c3ccc(Cl)cc3)nc21. The van der Waals surface area contributed by atoms with Gasteiger partial charge < -0.3 is 10.3 Å². The lowest BCUT2D eigenvalue weighted by atomic mass is 10.2. The predicted molar refractivity (Wildman–Crippen MR) is 105 cm³/mol. The number of aromatic nitrogens is 4. The predicted octanol–water partition coefficient (Wildman–Crippen LogP) is 4.18. The standard InChI is InChI=1S/C19H13ClF2N6O/c1-27-9-24-14-17(27)25-16(10-5-7-11(20)8-6-10)26-18(14)28(19(23)29)15-12(21)3-2-4-13(15)22/h2-9H,1H3,(H2,23,29). The fraction of sp³-hybridized carbons (Fsp3) is 0.0526. The van der Waals surface area contributed by atoms with Crippen molar-refractivity contribution in [3.8, 4) is 11.4 Å². The van der Waals surface area contributed by atoms with Gasteiger partial charge in [-0.2, -0.15) is 0 Å². The summed E-state index contributed by atoms with van der Waals surface area (Å²) in [6, 6.07) is 8.76. The summed E-state index contributed by atoms with van der Waals surface area (Å²) in [6.07, 6.45) is 1.45. The summed E-state index contributed by atoms with van der Waals surface area (Å²) in [5, 5.41) is 0.516. The number of hydrogen-bond acceptors (Lipinski definition) is 4. The summed E-state index contributed by atoms with van der Waals surface area (Å²) in [5.74, 6) is -1.88. The molecule has 146 valence electrons. The molecule has 2 amide bonds. The van der Waals surface area contributed by atoms with Crippen LogP contribution >= 0.6 is 11.6 Å². The van der Waals surface area contributed by atoms with E-state index in [1.807, 2.05) is 0 Å². The minimum atomic E-state index is -1.12. The molecule has 2 heterocycles. The number of fused-ring (bicyclic) bond motifs is 1. The van der Waals surface area contributed by atoms with Gasteiger partial charge in [0.25, 0.3) is 0 Å². The maximum atomic E-state index is 14.4. The number of carbonyl (C=O) groups excluding carboxylic acids is 1. The topological polar surface area (TPSA) is 89.9 Å². The van der Waals surface area contributed by atoms with E-state index in [0.717, 1.165) is 12.1 Å². The number of carbonyl (C=O) groups is 1. The molecule has 0 aliphatic heterocycles. The highest BCUT2D eigenvalue weighted by atomic mass is 35.5. The van der Waals surface area contributed by atoms with E-state index in [0.29, 0.717) is 21.1 Å². The van der Waals surface area contributed by atoms with Crippen LogP contribution in [0.25, 0.3) is 22.6 Å². The number of amides is 2. The Morgan fingerprint density at radius 3 is 2.38 bits per heavy atom. The molecule has 0 atom stereocenters. The van der Waals surface area contributed by atoms with Crippen molar-refractivity contribution in [1.82, 2.24) is 19.5 Å². The molecular formula is C19H13ClF2N6O. The number of nitrogens with zero attached hydrogens (tertiary/aromatic N) is 5. The number of para-hydroxylation sites is 1. The quantitative estimate of drug-likeness (QED) is 0.544. The van der Waals surface area contributed by atoms with Crippen LogP contribution in [0.2, 0.25) is 5.02 Å². The van der Waals surface area contributed by atoms with Crippen molar-refractivity contribution in [3.05, 3.63) is 65.4 Å². The highest BCUT2D eigenvalue weighted by Gasteiger charge is 2.28. The van der Waals surface area contributed by atoms with Crippen LogP contribution in [0, 0.1) is 11.6 Å². The molecule has 0 saturated heterocycles. The molecule has 29 heavy (non-hydrogen) atoms. The average molecular weight is 415 g/mol. The molecule has 2 aromatic carbocycles. The van der Waals surface area contributed by atoms with Gasteiger partial charge in [-0.15, -0.1) is 0 Å². The van der Waals surface area contributed by atoms with Crippen molar-refractivity contribution in [2.24, 2.45) is 12.8 Å². The van der Waals surface area contributed by atoms with Gasteiger partial charge in [-0.05, 0) is 36.4 Å². The second-order valence-corrected chi connectivity index (χ2v) is 6.59. The number of rotatable bonds is 3. The molecular weight excluding hydrogens is 402 g/mol. The Balaban J connectivity index is 2.03. The number of anilines is 2. The van der Waals surface area contributed by atoms with Gasteiger partial charge in [-0.25, -0.2) is 33.4 Å². The molecule has 0 aliphatic carbocycles. The monoisotopic (exact) mass is 414 g/mol. The van der Waals surface area contributed by atoms with Gasteiger partial charge in [0.05, 0.1) is 6.33 Å². The number of imidazole rings is 1. The Morgan fingerprint density at radius 2 is 1.76 bits per heavy atom. The van der Waals surface area contributed by atoms with Crippen LogP contribution in [0.15, 0.2) is 48.8 Å². The van der Waals surface area contributed by atoms with Crippen LogP contribution in [0.5, 0.6) is 0 Å². The molecule has 4 rings (SSSR count). The highest BCUT2D eigenvalue weighted by Crippen LogP contribution is 2.34. The number of hydrogen-bond donors (Lipinski definition) is 1. The van der Waals surface area contributed by atoms with Crippen LogP contribution in [0.3, 0.4) is 0 Å². The largest absolute Gasteiger partial charge is 0.351 e. The van der Waals surface area contributed by atoms with Gasteiger partial charge in [-0.3, -0.25) is 0 Å². The first kappa shape index (κ1) is 18.8. The van der Waals surface area contributed by atoms with Crippen LogP contribution in [-0.4, -0.2) is 25.6 Å². The Bertz CT molecular complexity index is 1220. The Kier molecular flexibility index (Phi) is 4.59. The third-order valence-corrected chi connectivity index (χ3v) is 4.49. The molecule has 0 radical (unpaired) electrons. The summed E-state index contributed by atoms with van der Waals surface area (Å²) >= 11 is 5.93. The number of benzene rings is 2. The second kappa shape index (κ2) is 7.10. The van der Waals surface area contributed by atoms with Gasteiger partial charge in [0, 0.05) is 17.6 Å². The molecule has 0 aliphatic rings. The molecule has 0 spiro atoms. The van der Waals surface area contributed by atoms with Crippen LogP contribution < -0.4 is 10.6 Å². The molecule has 10 heteroatoms. The van der Waals surface area contributed by atoms with E-state index in [-0.39, 0.29) is 17.2 Å². The normalized spacial score (nSPS) is 11.0. The molecule has 7 nitrogen and oxygen atoms in total. The summed E-state index contributed by atoms with van der Waals surface area (Å²) in [4.78, 5) is 25.9. The van der Waals surface area contributed by atoms with Gasteiger partial charge in [-0.1, -0.05) is 17.7 Å². The van der Waals surface area contributed by atoms with Crippen molar-refractivity contribution < 1.29 is 13.6 Å². The van der Waals surface area contributed by atoms with Gasteiger partial charge in [0.1, 0.15) is 17.3 Å². The van der Waals surface area contributed by atoms with Crippen molar-refractivity contribution in [1.29, 1.82) is 0 Å². The van der Waals surface area contributed by atoms with E-state index < -0.39 is 23.4 Å². The van der Waals surface area contributed by atoms with Crippen molar-refractivity contribution in [3.63, 3.8) is 0 Å². The Hall–Kier alpha value is -3.59. The number of halogens is 3. The lowest BCUT2D eigenvalue weighted by Crippen LogP contribution is -2.34. The summed E-state index contributed by atoms with van der Waals surface area (Å²) < 4.78 is 30.5. The fourth-order valence-electron chi connectivity index (χ4n) is 2.90. The van der Waals surface area contributed by atoms with Crippen molar-refractivity contribution >= 4 is 40.3 Å². The zero-order valence-corrected chi connectivity index (χ0v) is 15.7. The van der Waals surface area contributed by atoms with E-state index in [1.165, 1.54) is 12.4 Å². The first-order valence-corrected chi connectivity index (χ1v) is 8.73. The van der Waals surface area contributed by atoms with E-state index >= 15 is 0 Å². The van der Waals surface area contributed by atoms with E-state index in [1.54, 1.807) is 35.9 Å². The van der Waals surface area contributed by atoms with E-state index in [2.05, 4.69) is 15.0 Å². The number of aryl methyl sites for hydroxylation is 1. The molecule has 0 bridgehead atoms. The molecule has 0 saturated carbocycles. The molecule has 0 unspecified atom stereocenters. The summed E-state index contributed by atoms with van der Waals surface area (Å²) in [5.41, 5.74) is 5.93. The number of primary amides is 1. The molecule has 0 fully saturated rings. The third-order valence-electron chi connectivity index (χ3n) is 4.24. The van der Waals surface area contributed by atoms with Crippen molar-refractivity contribution in [2.75, 3.05) is 4.90 Å². The van der Waals surface area contributed by atoms with Gasteiger partial charge in [0.15, 0.2) is 22.8 Å². The first-order valence-electron chi connectivity index (χ1n) is 8.35. The Labute approximate surface area is 168 Å². The second-order valence-electron chi connectivity index (χ2n) is 6.15. The number of nitrogens with two attached hydrogens (primary N) is 1. The van der Waals surface area contributed by atoms with Gasteiger partial charge >= 0.3 is 6.03 Å². The summed E-state index contributed by atoms with van der Waals surface area (Å²) in [6.45, 7) is 0. The van der Waals surface area contributed by atoms with Gasteiger partial charge in [0.2, 0.25) is 0 Å². The third kappa shape index (κ3) is 3.25. The average Bonchev–Trinajstić information content (AvgIpc) is 3.06. The maximum absolute atomic E-state index is 14.4. The Morgan fingerprint density at radius 1 is 1.10 bits per heavy atom. The minimum Gasteiger partial charge on any atom is -0.351 e. The smallest absolute Gasteiger partial charge is 0.325 e. The zero-order chi connectivity index (χ0) is 20.7. The van der Waals surface area contributed by atoms with Crippen molar-refractivity contribution in [2.45, 2.75) is 0 Å². The van der Waals surface area contributed by atoms with Crippen LogP contribution in [-0.2, 0) is 7.05 Å². The number of urea groups is 1.